The second-order valence-corrected chi connectivity index (χ2v) is 11.7. The van der Waals surface area contributed by atoms with Crippen LogP contribution in [0.3, 0.4) is 0 Å². The van der Waals surface area contributed by atoms with Crippen molar-refractivity contribution in [3.8, 4) is 0 Å². The molecule has 1 aliphatic heterocycles. The highest BCUT2D eigenvalue weighted by Gasteiger charge is 2.40. The van der Waals surface area contributed by atoms with Gasteiger partial charge in [0.15, 0.2) is 8.32 Å². The first kappa shape index (κ1) is 15.2. The summed E-state index contributed by atoms with van der Waals surface area (Å²) in [6.07, 6.45) is 1.25. The molecule has 0 bridgehead atoms. The second-order valence-electron chi connectivity index (χ2n) is 6.90. The Bertz CT molecular complexity index is 248. The Balaban J connectivity index is 2.45. The van der Waals surface area contributed by atoms with Gasteiger partial charge in [-0.1, -0.05) is 20.8 Å². The van der Waals surface area contributed by atoms with Crippen LogP contribution in [0.4, 0.5) is 0 Å². The molecule has 0 radical (unpaired) electrons. The van der Waals surface area contributed by atoms with Gasteiger partial charge in [-0.25, -0.2) is 0 Å². The highest BCUT2D eigenvalue weighted by Crippen LogP contribution is 2.38. The summed E-state index contributed by atoms with van der Waals surface area (Å²) in [6, 6.07) is 0. The molecule has 17 heavy (non-hydrogen) atoms. The van der Waals surface area contributed by atoms with Gasteiger partial charge in [0.1, 0.15) is 0 Å². The molecule has 0 amide bonds. The molecule has 1 unspecified atom stereocenters. The van der Waals surface area contributed by atoms with Crippen LogP contribution >= 0.6 is 0 Å². The zero-order chi connectivity index (χ0) is 13.3. The molecule has 102 valence electrons. The molecule has 0 aromatic carbocycles. The predicted octanol–water partition coefficient (Wildman–Crippen LogP) is 2.46. The number of β-amino-alcohol motifs (C(OH)–C–C–N with tert-alkyl or cyclic N) is 1. The number of rotatable bonds is 4. The maximum atomic E-state index is 9.39. The van der Waals surface area contributed by atoms with Crippen molar-refractivity contribution in [2.45, 2.75) is 64.5 Å². The van der Waals surface area contributed by atoms with E-state index in [0.717, 1.165) is 26.1 Å². The number of hydrogen-bond donors (Lipinski definition) is 1. The second kappa shape index (κ2) is 5.39. The van der Waals surface area contributed by atoms with E-state index >= 15 is 0 Å². The Morgan fingerprint density at radius 3 is 2.47 bits per heavy atom. The Labute approximate surface area is 107 Å². The van der Waals surface area contributed by atoms with Gasteiger partial charge in [-0.15, -0.1) is 0 Å². The van der Waals surface area contributed by atoms with E-state index < -0.39 is 8.32 Å². The molecular weight excluding hydrogens is 230 g/mol. The van der Waals surface area contributed by atoms with Crippen molar-refractivity contribution in [3.63, 3.8) is 0 Å². The van der Waals surface area contributed by atoms with Gasteiger partial charge in [-0.2, -0.15) is 0 Å². The van der Waals surface area contributed by atoms with Crippen molar-refractivity contribution in [3.05, 3.63) is 0 Å². The molecule has 2 atom stereocenters. The fraction of sp³-hybridized carbons (Fsp3) is 1.00. The van der Waals surface area contributed by atoms with Gasteiger partial charge >= 0.3 is 0 Å². The van der Waals surface area contributed by atoms with E-state index in [1.807, 2.05) is 6.92 Å². The van der Waals surface area contributed by atoms with Crippen LogP contribution in [0.2, 0.25) is 18.1 Å². The van der Waals surface area contributed by atoms with Gasteiger partial charge in [-0.3, -0.25) is 4.90 Å². The number of aliphatic hydroxyl groups excluding tert-OH is 1. The average Bonchev–Trinajstić information content (AvgIpc) is 2.48. The van der Waals surface area contributed by atoms with Gasteiger partial charge < -0.3 is 9.53 Å². The highest BCUT2D eigenvalue weighted by atomic mass is 28.4. The standard InChI is InChI=1S/C13H29NO2Si/c1-11(15)9-14-8-7-12(10-14)16-17(5,6)13(2,3)4/h11-12,15H,7-10H2,1-6H3/t11-,12?/m1/s1. The fourth-order valence-electron chi connectivity index (χ4n) is 2.03. The Hall–Kier alpha value is 0.0969. The van der Waals surface area contributed by atoms with Crippen LogP contribution < -0.4 is 0 Å². The van der Waals surface area contributed by atoms with E-state index in [0.29, 0.717) is 6.10 Å². The summed E-state index contributed by atoms with van der Waals surface area (Å²) in [7, 11) is -1.63. The van der Waals surface area contributed by atoms with E-state index in [9.17, 15) is 5.11 Å². The van der Waals surface area contributed by atoms with Crippen molar-refractivity contribution in [1.82, 2.24) is 4.90 Å². The Morgan fingerprint density at radius 2 is 2.00 bits per heavy atom. The number of hydrogen-bond acceptors (Lipinski definition) is 3. The SMILES string of the molecule is C[C@@H](O)CN1CCC(O[Si](C)(C)C(C)(C)C)C1. The van der Waals surface area contributed by atoms with Crippen LogP contribution in [-0.2, 0) is 4.43 Å². The molecule has 1 rings (SSSR count). The van der Waals surface area contributed by atoms with Crippen LogP contribution in [0.1, 0.15) is 34.1 Å². The van der Waals surface area contributed by atoms with Gasteiger partial charge in [0.2, 0.25) is 0 Å². The summed E-state index contributed by atoms with van der Waals surface area (Å²) in [4.78, 5) is 2.31. The van der Waals surface area contributed by atoms with Crippen LogP contribution in [0.5, 0.6) is 0 Å². The minimum atomic E-state index is -1.63. The molecule has 0 spiro atoms. The smallest absolute Gasteiger partial charge is 0.192 e. The molecule has 0 saturated carbocycles. The van der Waals surface area contributed by atoms with E-state index in [-0.39, 0.29) is 11.1 Å². The first-order valence-corrected chi connectivity index (χ1v) is 9.61. The number of nitrogens with zero attached hydrogens (tertiary/aromatic N) is 1. The maximum absolute atomic E-state index is 9.39. The first-order valence-electron chi connectivity index (χ1n) is 6.70. The van der Waals surface area contributed by atoms with Crippen LogP contribution in [0, 0.1) is 0 Å². The Morgan fingerprint density at radius 1 is 1.41 bits per heavy atom. The lowest BCUT2D eigenvalue weighted by molar-refractivity contribution is 0.127. The largest absolute Gasteiger partial charge is 0.413 e. The van der Waals surface area contributed by atoms with Gasteiger partial charge in [-0.05, 0) is 31.5 Å². The molecule has 1 saturated heterocycles. The average molecular weight is 259 g/mol. The van der Waals surface area contributed by atoms with Crippen molar-refractivity contribution in [2.75, 3.05) is 19.6 Å². The summed E-state index contributed by atoms with van der Waals surface area (Å²) in [5.41, 5.74) is 0. The summed E-state index contributed by atoms with van der Waals surface area (Å²) in [5.74, 6) is 0. The number of aliphatic hydroxyl groups is 1. The van der Waals surface area contributed by atoms with Crippen molar-refractivity contribution in [2.24, 2.45) is 0 Å². The molecular formula is C13H29NO2Si. The van der Waals surface area contributed by atoms with Gasteiger partial charge in [0.05, 0.1) is 12.2 Å². The third kappa shape index (κ3) is 4.36. The van der Waals surface area contributed by atoms with Crippen LogP contribution in [-0.4, -0.2) is 50.2 Å². The van der Waals surface area contributed by atoms with Crippen LogP contribution in [0.15, 0.2) is 0 Å². The van der Waals surface area contributed by atoms with Gasteiger partial charge in [0.25, 0.3) is 0 Å². The molecule has 1 heterocycles. The molecule has 0 aliphatic carbocycles. The fourth-order valence-corrected chi connectivity index (χ4v) is 3.41. The molecule has 4 heteroatoms. The molecule has 0 aromatic heterocycles. The van der Waals surface area contributed by atoms with Gasteiger partial charge in [0, 0.05) is 19.6 Å². The lowest BCUT2D eigenvalue weighted by Crippen LogP contribution is -2.44. The number of likely N-dealkylation sites (tertiary alicyclic amines) is 1. The van der Waals surface area contributed by atoms with Crippen LogP contribution in [0.25, 0.3) is 0 Å². The minimum Gasteiger partial charge on any atom is -0.413 e. The topological polar surface area (TPSA) is 32.7 Å². The summed E-state index contributed by atoms with van der Waals surface area (Å²) < 4.78 is 6.39. The van der Waals surface area contributed by atoms with Crippen molar-refractivity contribution in [1.29, 1.82) is 0 Å². The first-order chi connectivity index (χ1) is 7.62. The summed E-state index contributed by atoms with van der Waals surface area (Å²) in [5, 5.41) is 9.67. The molecule has 1 fully saturated rings. The maximum Gasteiger partial charge on any atom is 0.192 e. The van der Waals surface area contributed by atoms with E-state index in [1.165, 1.54) is 0 Å². The highest BCUT2D eigenvalue weighted by molar-refractivity contribution is 6.74. The zero-order valence-corrected chi connectivity index (χ0v) is 13.3. The quantitative estimate of drug-likeness (QED) is 0.787. The third-order valence-corrected chi connectivity index (χ3v) is 8.55. The Kier molecular flexibility index (Phi) is 4.80. The summed E-state index contributed by atoms with van der Waals surface area (Å²) >= 11 is 0. The van der Waals surface area contributed by atoms with E-state index in [4.69, 9.17) is 4.43 Å². The van der Waals surface area contributed by atoms with E-state index in [2.05, 4.69) is 38.8 Å². The normalized spacial score (nSPS) is 25.2. The molecule has 0 aromatic rings. The lowest BCUT2D eigenvalue weighted by atomic mass is 10.2. The predicted molar refractivity (Wildman–Crippen MR) is 74.8 cm³/mol. The lowest BCUT2D eigenvalue weighted by Gasteiger charge is -2.38. The monoisotopic (exact) mass is 259 g/mol. The third-order valence-electron chi connectivity index (χ3n) is 4.02. The summed E-state index contributed by atoms with van der Waals surface area (Å²) in [6.45, 7) is 16.1. The molecule has 3 nitrogen and oxygen atoms in total. The van der Waals surface area contributed by atoms with Crippen molar-refractivity contribution < 1.29 is 9.53 Å². The molecule has 1 N–H and O–H groups in total. The van der Waals surface area contributed by atoms with Crippen molar-refractivity contribution >= 4 is 8.32 Å². The zero-order valence-electron chi connectivity index (χ0n) is 12.3. The minimum absolute atomic E-state index is 0.235. The molecule has 1 aliphatic rings. The van der Waals surface area contributed by atoms with E-state index in [1.54, 1.807) is 0 Å².